The lowest BCUT2D eigenvalue weighted by atomic mass is 10.1. The Balaban J connectivity index is 2.72. The van der Waals surface area contributed by atoms with Crippen LogP contribution in [0.2, 0.25) is 0 Å². The number of halogens is 3. The van der Waals surface area contributed by atoms with E-state index in [1.807, 2.05) is 5.43 Å². The Labute approximate surface area is 88.9 Å². The van der Waals surface area contributed by atoms with Gasteiger partial charge in [0.05, 0.1) is 11.8 Å². The summed E-state index contributed by atoms with van der Waals surface area (Å²) in [7, 11) is 0. The normalized spacial score (nSPS) is 11.7. The molecule has 86 valence electrons. The predicted molar refractivity (Wildman–Crippen MR) is 51.8 cm³/mol. The molecule has 0 aliphatic carbocycles. The van der Waals surface area contributed by atoms with E-state index in [1.165, 1.54) is 18.3 Å². The van der Waals surface area contributed by atoms with Gasteiger partial charge in [-0.25, -0.2) is 10.2 Å². The van der Waals surface area contributed by atoms with Gasteiger partial charge in [0.15, 0.2) is 0 Å². The highest BCUT2D eigenvalue weighted by Gasteiger charge is 2.29. The molecule has 0 spiro atoms. The number of rotatable bonds is 2. The average Bonchev–Trinajstić information content (AvgIpc) is 2.16. The molecule has 0 fully saturated rings. The molecule has 0 aliphatic rings. The summed E-state index contributed by atoms with van der Waals surface area (Å²) in [6.45, 7) is 0. The van der Waals surface area contributed by atoms with Crippen molar-refractivity contribution in [1.29, 1.82) is 0 Å². The van der Waals surface area contributed by atoms with E-state index in [4.69, 9.17) is 5.73 Å². The second kappa shape index (κ2) is 4.65. The Hall–Kier alpha value is -2.05. The number of alkyl halides is 3. The van der Waals surface area contributed by atoms with Crippen LogP contribution in [0.5, 0.6) is 0 Å². The van der Waals surface area contributed by atoms with Gasteiger partial charge in [0.2, 0.25) is 0 Å². The minimum absolute atomic E-state index is 0.418. The monoisotopic (exact) mass is 231 g/mol. The smallest absolute Gasteiger partial charge is 0.350 e. The molecule has 0 aliphatic heterocycles. The van der Waals surface area contributed by atoms with Crippen LogP contribution in [0.25, 0.3) is 0 Å². The molecule has 1 aromatic rings. The summed E-state index contributed by atoms with van der Waals surface area (Å²) in [6.07, 6.45) is -3.17. The molecular formula is C9H8F3N3O. The van der Waals surface area contributed by atoms with Gasteiger partial charge in [0.1, 0.15) is 0 Å². The van der Waals surface area contributed by atoms with Crippen LogP contribution in [-0.4, -0.2) is 12.2 Å². The number of nitrogens with zero attached hydrogens (tertiary/aromatic N) is 1. The van der Waals surface area contributed by atoms with Crippen molar-refractivity contribution in [2.45, 2.75) is 6.18 Å². The average molecular weight is 231 g/mol. The number of carbonyl (C=O) groups is 1. The first-order valence-electron chi connectivity index (χ1n) is 4.15. The lowest BCUT2D eigenvalue weighted by molar-refractivity contribution is -0.137. The van der Waals surface area contributed by atoms with Gasteiger partial charge in [-0.15, -0.1) is 0 Å². The zero-order valence-electron chi connectivity index (χ0n) is 7.95. The van der Waals surface area contributed by atoms with E-state index in [-0.39, 0.29) is 0 Å². The molecule has 1 aromatic carbocycles. The number of hydrogen-bond donors (Lipinski definition) is 2. The van der Waals surface area contributed by atoms with Gasteiger partial charge in [-0.2, -0.15) is 18.3 Å². The molecule has 0 unspecified atom stereocenters. The Morgan fingerprint density at radius 2 is 1.88 bits per heavy atom. The van der Waals surface area contributed by atoms with E-state index in [0.29, 0.717) is 5.56 Å². The van der Waals surface area contributed by atoms with Crippen LogP contribution >= 0.6 is 0 Å². The zero-order valence-corrected chi connectivity index (χ0v) is 7.95. The zero-order chi connectivity index (χ0) is 12.2. The molecule has 16 heavy (non-hydrogen) atoms. The highest BCUT2D eigenvalue weighted by molar-refractivity contribution is 5.81. The van der Waals surface area contributed by atoms with Crippen molar-refractivity contribution in [2.24, 2.45) is 10.8 Å². The Bertz CT molecular complexity index is 397. The van der Waals surface area contributed by atoms with E-state index >= 15 is 0 Å². The third kappa shape index (κ3) is 3.60. The van der Waals surface area contributed by atoms with Gasteiger partial charge in [0, 0.05) is 0 Å². The molecule has 7 heteroatoms. The molecule has 0 heterocycles. The van der Waals surface area contributed by atoms with Crippen molar-refractivity contribution in [1.82, 2.24) is 5.43 Å². The molecular weight excluding hydrogens is 223 g/mol. The number of hydrogen-bond acceptors (Lipinski definition) is 2. The molecule has 0 saturated heterocycles. The highest BCUT2D eigenvalue weighted by atomic mass is 19.4. The molecule has 0 radical (unpaired) electrons. The number of carbonyl (C=O) groups excluding carboxylic acids is 1. The first-order valence-corrected chi connectivity index (χ1v) is 4.15. The summed E-state index contributed by atoms with van der Waals surface area (Å²) < 4.78 is 36.5. The Morgan fingerprint density at radius 3 is 2.31 bits per heavy atom. The van der Waals surface area contributed by atoms with Crippen LogP contribution in [0, 0.1) is 0 Å². The van der Waals surface area contributed by atoms with Crippen LogP contribution in [-0.2, 0) is 6.18 Å². The molecule has 0 saturated carbocycles. The van der Waals surface area contributed by atoms with Crippen LogP contribution in [0.1, 0.15) is 11.1 Å². The second-order valence-electron chi connectivity index (χ2n) is 2.85. The van der Waals surface area contributed by atoms with Crippen LogP contribution in [0.4, 0.5) is 18.0 Å². The molecule has 0 aromatic heterocycles. The number of amides is 2. The van der Waals surface area contributed by atoms with Gasteiger partial charge in [-0.3, -0.25) is 0 Å². The molecule has 0 bridgehead atoms. The van der Waals surface area contributed by atoms with Crippen LogP contribution in [0.3, 0.4) is 0 Å². The number of primary amides is 1. The van der Waals surface area contributed by atoms with E-state index in [0.717, 1.165) is 12.1 Å². The number of hydrazone groups is 1. The van der Waals surface area contributed by atoms with Gasteiger partial charge >= 0.3 is 12.2 Å². The summed E-state index contributed by atoms with van der Waals surface area (Å²) in [6, 6.07) is 3.46. The Morgan fingerprint density at radius 1 is 1.31 bits per heavy atom. The number of nitrogens with one attached hydrogen (secondary N) is 1. The van der Waals surface area contributed by atoms with Crippen LogP contribution < -0.4 is 11.2 Å². The lowest BCUT2D eigenvalue weighted by Gasteiger charge is -2.05. The fraction of sp³-hybridized carbons (Fsp3) is 0.111. The maximum Gasteiger partial charge on any atom is 0.416 e. The van der Waals surface area contributed by atoms with Gasteiger partial charge < -0.3 is 5.73 Å². The minimum atomic E-state index is -4.36. The highest BCUT2D eigenvalue weighted by Crippen LogP contribution is 2.28. The molecule has 4 nitrogen and oxygen atoms in total. The third-order valence-electron chi connectivity index (χ3n) is 1.63. The van der Waals surface area contributed by atoms with Crippen molar-refractivity contribution < 1.29 is 18.0 Å². The quantitative estimate of drug-likeness (QED) is 0.590. The molecule has 0 atom stereocenters. The molecule has 3 N–H and O–H groups in total. The molecule has 1 rings (SSSR count). The summed E-state index contributed by atoms with van der Waals surface area (Å²) >= 11 is 0. The largest absolute Gasteiger partial charge is 0.416 e. The summed E-state index contributed by atoms with van der Waals surface area (Å²) in [5, 5.41) is 3.40. The van der Waals surface area contributed by atoms with Gasteiger partial charge in [-0.05, 0) is 17.7 Å². The first kappa shape index (κ1) is 12.0. The standard InChI is InChI=1S/C9H8F3N3O/c10-9(11,12)7-3-1-6(2-4-7)5-14-15-8(13)16/h1-5H,(H3,13,15,16)/b14-5+. The maximum atomic E-state index is 12.2. The fourth-order valence-electron chi connectivity index (χ4n) is 0.929. The topological polar surface area (TPSA) is 67.5 Å². The fourth-order valence-corrected chi connectivity index (χ4v) is 0.929. The predicted octanol–water partition coefficient (Wildman–Crippen LogP) is 1.71. The summed E-state index contributed by atoms with van der Waals surface area (Å²) in [4.78, 5) is 10.2. The van der Waals surface area contributed by atoms with E-state index in [9.17, 15) is 18.0 Å². The van der Waals surface area contributed by atoms with Gasteiger partial charge in [0.25, 0.3) is 0 Å². The van der Waals surface area contributed by atoms with Crippen molar-refractivity contribution in [2.75, 3.05) is 0 Å². The third-order valence-corrected chi connectivity index (χ3v) is 1.63. The second-order valence-corrected chi connectivity index (χ2v) is 2.85. The van der Waals surface area contributed by atoms with Crippen molar-refractivity contribution in [3.8, 4) is 0 Å². The van der Waals surface area contributed by atoms with E-state index < -0.39 is 17.8 Å². The van der Waals surface area contributed by atoms with Crippen molar-refractivity contribution in [3.63, 3.8) is 0 Å². The van der Waals surface area contributed by atoms with E-state index in [2.05, 4.69) is 5.10 Å². The number of benzene rings is 1. The number of nitrogens with two attached hydrogens (primary N) is 1. The lowest BCUT2D eigenvalue weighted by Crippen LogP contribution is -2.24. The summed E-state index contributed by atoms with van der Waals surface area (Å²) in [5.41, 5.74) is 6.33. The van der Waals surface area contributed by atoms with Crippen LogP contribution in [0.15, 0.2) is 29.4 Å². The van der Waals surface area contributed by atoms with Gasteiger partial charge in [-0.1, -0.05) is 12.1 Å². The maximum absolute atomic E-state index is 12.2. The first-order chi connectivity index (χ1) is 7.39. The SMILES string of the molecule is NC(=O)N/N=C/c1ccc(C(F)(F)F)cc1. The summed E-state index contributed by atoms with van der Waals surface area (Å²) in [5.74, 6) is 0. The number of urea groups is 1. The molecule has 2 amide bonds. The van der Waals surface area contributed by atoms with Crippen molar-refractivity contribution in [3.05, 3.63) is 35.4 Å². The Kier molecular flexibility index (Phi) is 3.49. The van der Waals surface area contributed by atoms with E-state index in [1.54, 1.807) is 0 Å². The minimum Gasteiger partial charge on any atom is -0.350 e. The van der Waals surface area contributed by atoms with Crippen molar-refractivity contribution >= 4 is 12.2 Å².